The molecule has 0 aliphatic rings. The molecule has 0 saturated carbocycles. The van der Waals surface area contributed by atoms with E-state index in [9.17, 15) is 4.79 Å². The molecule has 0 spiro atoms. The summed E-state index contributed by atoms with van der Waals surface area (Å²) in [5, 5.41) is 6.55. The van der Waals surface area contributed by atoms with Crippen molar-refractivity contribution < 1.29 is 4.79 Å². The lowest BCUT2D eigenvalue weighted by molar-refractivity contribution is 0.0942. The number of aryl methyl sites for hydroxylation is 1. The third kappa shape index (κ3) is 4.87. The molecule has 0 aliphatic carbocycles. The van der Waals surface area contributed by atoms with E-state index in [4.69, 9.17) is 5.73 Å². The maximum Gasteiger partial charge on any atom is 0.263 e. The van der Waals surface area contributed by atoms with Crippen LogP contribution in [0, 0.1) is 6.92 Å². The van der Waals surface area contributed by atoms with E-state index in [0.717, 1.165) is 5.56 Å². The van der Waals surface area contributed by atoms with Gasteiger partial charge in [0.25, 0.3) is 5.91 Å². The van der Waals surface area contributed by atoms with Gasteiger partial charge in [-0.2, -0.15) is 0 Å². The lowest BCUT2D eigenvalue weighted by Crippen LogP contribution is -2.41. The molecule has 27 heavy (non-hydrogen) atoms. The average Bonchev–Trinajstić information content (AvgIpc) is 3.19. The van der Waals surface area contributed by atoms with Gasteiger partial charge in [-0.1, -0.05) is 29.8 Å². The van der Waals surface area contributed by atoms with Gasteiger partial charge in [-0.15, -0.1) is 11.3 Å². The van der Waals surface area contributed by atoms with Gasteiger partial charge in [0.2, 0.25) is 5.95 Å². The standard InChI is InChI=1S/C19H22N6OS/c1-12-3-5-13(6-4-12)9-14(10-20)24-17(26)16-11-23-18(27-16)15-7-8-22-19(21-2)25-15/h3-8,11,14H,9-10,20H2,1-2H3,(H,24,26)(H,21,22,25)/t14-/m0/s1. The molecular formula is C19H22N6OS. The molecule has 2 aromatic heterocycles. The van der Waals surface area contributed by atoms with Crippen molar-refractivity contribution in [3.8, 4) is 10.7 Å². The van der Waals surface area contributed by atoms with Crippen molar-refractivity contribution in [2.75, 3.05) is 18.9 Å². The number of nitrogens with zero attached hydrogens (tertiary/aromatic N) is 3. The van der Waals surface area contributed by atoms with Crippen LogP contribution >= 0.6 is 11.3 Å². The summed E-state index contributed by atoms with van der Waals surface area (Å²) in [7, 11) is 1.75. The minimum atomic E-state index is -0.177. The van der Waals surface area contributed by atoms with Crippen LogP contribution in [0.4, 0.5) is 5.95 Å². The van der Waals surface area contributed by atoms with E-state index in [-0.39, 0.29) is 11.9 Å². The van der Waals surface area contributed by atoms with Crippen LogP contribution in [0.25, 0.3) is 10.7 Å². The number of hydrogen-bond donors (Lipinski definition) is 3. The third-order valence-corrected chi connectivity index (χ3v) is 5.07. The second-order valence-corrected chi connectivity index (χ2v) is 7.17. The Morgan fingerprint density at radius 2 is 2.00 bits per heavy atom. The smallest absolute Gasteiger partial charge is 0.263 e. The minimum Gasteiger partial charge on any atom is -0.357 e. The molecule has 7 nitrogen and oxygen atoms in total. The van der Waals surface area contributed by atoms with Gasteiger partial charge in [0, 0.05) is 25.8 Å². The molecule has 0 radical (unpaired) electrons. The summed E-state index contributed by atoms with van der Waals surface area (Å²) in [4.78, 5) is 25.9. The van der Waals surface area contributed by atoms with E-state index < -0.39 is 0 Å². The largest absolute Gasteiger partial charge is 0.357 e. The van der Waals surface area contributed by atoms with Gasteiger partial charge >= 0.3 is 0 Å². The van der Waals surface area contributed by atoms with Crippen LogP contribution in [0.3, 0.4) is 0 Å². The predicted molar refractivity (Wildman–Crippen MR) is 108 cm³/mol. The van der Waals surface area contributed by atoms with Crippen molar-refractivity contribution in [2.45, 2.75) is 19.4 Å². The summed E-state index contributed by atoms with van der Waals surface area (Å²) in [5.74, 6) is 0.333. The Hall–Kier alpha value is -2.84. The van der Waals surface area contributed by atoms with Gasteiger partial charge in [0.05, 0.1) is 6.20 Å². The zero-order chi connectivity index (χ0) is 19.2. The topological polar surface area (TPSA) is 106 Å². The highest BCUT2D eigenvalue weighted by molar-refractivity contribution is 7.16. The first-order valence-corrected chi connectivity index (χ1v) is 9.44. The normalized spacial score (nSPS) is 11.8. The van der Waals surface area contributed by atoms with Crippen molar-refractivity contribution in [1.29, 1.82) is 0 Å². The van der Waals surface area contributed by atoms with Gasteiger partial charge < -0.3 is 16.4 Å². The fourth-order valence-electron chi connectivity index (χ4n) is 2.55. The number of nitrogens with two attached hydrogens (primary N) is 1. The Bertz CT molecular complexity index is 909. The quantitative estimate of drug-likeness (QED) is 0.579. The number of thiazole rings is 1. The number of carbonyl (C=O) groups is 1. The molecule has 3 aromatic rings. The molecule has 0 saturated heterocycles. The summed E-state index contributed by atoms with van der Waals surface area (Å²) >= 11 is 1.29. The third-order valence-electron chi connectivity index (χ3n) is 4.05. The summed E-state index contributed by atoms with van der Waals surface area (Å²) in [5.41, 5.74) is 8.87. The number of benzene rings is 1. The first-order valence-electron chi connectivity index (χ1n) is 8.62. The fourth-order valence-corrected chi connectivity index (χ4v) is 3.34. The van der Waals surface area contributed by atoms with Gasteiger partial charge in [0.15, 0.2) is 0 Å². The Labute approximate surface area is 162 Å². The Balaban J connectivity index is 1.68. The molecule has 1 aromatic carbocycles. The van der Waals surface area contributed by atoms with Gasteiger partial charge in [-0.25, -0.2) is 15.0 Å². The lowest BCUT2D eigenvalue weighted by Gasteiger charge is -2.16. The van der Waals surface area contributed by atoms with Gasteiger partial charge in [-0.05, 0) is 25.0 Å². The fraction of sp³-hybridized carbons (Fsp3) is 0.263. The van der Waals surface area contributed by atoms with E-state index in [1.165, 1.54) is 16.9 Å². The van der Waals surface area contributed by atoms with Gasteiger partial charge in [-0.3, -0.25) is 4.79 Å². The summed E-state index contributed by atoms with van der Waals surface area (Å²) < 4.78 is 0. The van der Waals surface area contributed by atoms with E-state index >= 15 is 0 Å². The maximum atomic E-state index is 12.6. The SMILES string of the molecule is CNc1nccc(-c2ncc(C(=O)N[C@H](CN)Cc3ccc(C)cc3)s2)n1. The van der Waals surface area contributed by atoms with Crippen molar-refractivity contribution >= 4 is 23.2 Å². The number of anilines is 1. The van der Waals surface area contributed by atoms with E-state index in [1.54, 1.807) is 25.5 Å². The van der Waals surface area contributed by atoms with E-state index in [1.807, 2.05) is 6.92 Å². The highest BCUT2D eigenvalue weighted by atomic mass is 32.1. The Kier molecular flexibility index (Phi) is 6.10. The maximum absolute atomic E-state index is 12.6. The molecule has 2 heterocycles. The molecule has 4 N–H and O–H groups in total. The molecule has 0 unspecified atom stereocenters. The van der Waals surface area contributed by atoms with Crippen LogP contribution in [0.5, 0.6) is 0 Å². The minimum absolute atomic E-state index is 0.138. The van der Waals surface area contributed by atoms with Crippen LogP contribution in [-0.2, 0) is 6.42 Å². The summed E-state index contributed by atoms with van der Waals surface area (Å²) in [6.07, 6.45) is 3.91. The van der Waals surface area contributed by atoms with Gasteiger partial charge in [0.1, 0.15) is 15.6 Å². The summed E-state index contributed by atoms with van der Waals surface area (Å²) in [6.45, 7) is 2.41. The number of aromatic nitrogens is 3. The first-order chi connectivity index (χ1) is 13.1. The Morgan fingerprint density at radius 3 is 2.70 bits per heavy atom. The van der Waals surface area contributed by atoms with E-state index in [2.05, 4.69) is 49.9 Å². The zero-order valence-corrected chi connectivity index (χ0v) is 16.1. The monoisotopic (exact) mass is 382 g/mol. The van der Waals surface area contributed by atoms with Crippen molar-refractivity contribution in [1.82, 2.24) is 20.3 Å². The van der Waals surface area contributed by atoms with Crippen molar-refractivity contribution in [3.05, 3.63) is 58.7 Å². The molecule has 140 valence electrons. The molecular weight excluding hydrogens is 360 g/mol. The molecule has 3 rings (SSSR count). The molecule has 8 heteroatoms. The number of nitrogens with one attached hydrogen (secondary N) is 2. The lowest BCUT2D eigenvalue weighted by atomic mass is 10.0. The number of carbonyl (C=O) groups excluding carboxylic acids is 1. The Morgan fingerprint density at radius 1 is 1.22 bits per heavy atom. The van der Waals surface area contributed by atoms with Crippen LogP contribution in [-0.4, -0.2) is 40.5 Å². The molecule has 1 atom stereocenters. The highest BCUT2D eigenvalue weighted by Gasteiger charge is 2.17. The van der Waals surface area contributed by atoms with Crippen molar-refractivity contribution in [3.63, 3.8) is 0 Å². The zero-order valence-electron chi connectivity index (χ0n) is 15.3. The highest BCUT2D eigenvalue weighted by Crippen LogP contribution is 2.24. The number of hydrogen-bond acceptors (Lipinski definition) is 7. The van der Waals surface area contributed by atoms with E-state index in [0.29, 0.717) is 34.5 Å². The van der Waals surface area contributed by atoms with Crippen LogP contribution in [0.15, 0.2) is 42.7 Å². The second-order valence-electron chi connectivity index (χ2n) is 6.14. The molecule has 0 bridgehead atoms. The molecule has 0 fully saturated rings. The first kappa shape index (κ1) is 18.9. The predicted octanol–water partition coefficient (Wildman–Crippen LogP) is 2.25. The van der Waals surface area contributed by atoms with Crippen LogP contribution in [0.2, 0.25) is 0 Å². The number of amides is 1. The van der Waals surface area contributed by atoms with Crippen LogP contribution in [0.1, 0.15) is 20.8 Å². The van der Waals surface area contributed by atoms with Crippen molar-refractivity contribution in [2.24, 2.45) is 5.73 Å². The molecule has 1 amide bonds. The summed E-state index contributed by atoms with van der Waals surface area (Å²) in [6, 6.07) is 9.86. The molecule has 0 aliphatic heterocycles. The second kappa shape index (κ2) is 8.70. The number of rotatable bonds is 7. The average molecular weight is 382 g/mol. The van der Waals surface area contributed by atoms with Crippen LogP contribution < -0.4 is 16.4 Å².